The van der Waals surface area contributed by atoms with Gasteiger partial charge in [0.25, 0.3) is 5.91 Å². The molecule has 1 amide bonds. The largest absolute Gasteiger partial charge is 0.493 e. The molecule has 0 atom stereocenters. The number of benzene rings is 3. The number of ketones is 1. The summed E-state index contributed by atoms with van der Waals surface area (Å²) in [5, 5.41) is 10.4. The Labute approximate surface area is 249 Å². The van der Waals surface area contributed by atoms with E-state index in [2.05, 4.69) is 17.7 Å². The summed E-state index contributed by atoms with van der Waals surface area (Å²) < 4.78 is 14.8. The predicted octanol–water partition coefficient (Wildman–Crippen LogP) is 6.69. The van der Waals surface area contributed by atoms with Gasteiger partial charge in [-0.15, -0.1) is 0 Å². The van der Waals surface area contributed by atoms with Crippen LogP contribution >= 0.6 is 0 Å². The Morgan fingerprint density at radius 1 is 1.02 bits per heavy atom. The van der Waals surface area contributed by atoms with Crippen LogP contribution < -0.4 is 9.47 Å². The summed E-state index contributed by atoms with van der Waals surface area (Å²) in [7, 11) is 0. The van der Waals surface area contributed by atoms with Gasteiger partial charge in [-0.25, -0.2) is 4.79 Å². The second kappa shape index (κ2) is 10.3. The number of carbonyl (C=O) groups excluding carboxylic acids is 2. The first kappa shape index (κ1) is 27.3. The second-order valence-electron chi connectivity index (χ2n) is 12.0. The van der Waals surface area contributed by atoms with Crippen LogP contribution in [0.3, 0.4) is 0 Å². The molecule has 1 saturated heterocycles. The third kappa shape index (κ3) is 4.84. The van der Waals surface area contributed by atoms with E-state index in [-0.39, 0.29) is 23.7 Å². The first-order valence-corrected chi connectivity index (χ1v) is 15.0. The standard InChI is InChI=1S/C35H34N2O6/c1-3-42-31-18-25(17-28-32(31)21(2)20-37(28)26-8-9-26)33(39)36-13-11-35(12-14-36)19-29(38)27-16-23(7-10-30(27)43-35)22-5-4-6-24(15-22)34(40)41/h4-7,10,15-18,20,26H,3,8-9,11-14,19H2,1-2H3,(H,40,41). The summed E-state index contributed by atoms with van der Waals surface area (Å²) >= 11 is 0. The fourth-order valence-electron chi connectivity index (χ4n) is 6.68. The summed E-state index contributed by atoms with van der Waals surface area (Å²) in [6.07, 6.45) is 5.85. The van der Waals surface area contributed by atoms with Gasteiger partial charge in [0.05, 0.1) is 29.7 Å². The average Bonchev–Trinajstić information content (AvgIpc) is 3.80. The van der Waals surface area contributed by atoms with Crippen LogP contribution in [0.4, 0.5) is 0 Å². The fraction of sp³-hybridized carbons (Fsp3) is 0.343. The van der Waals surface area contributed by atoms with Crippen LogP contribution in [0.15, 0.2) is 60.8 Å². The molecular weight excluding hydrogens is 544 g/mol. The Morgan fingerprint density at radius 3 is 2.51 bits per heavy atom. The molecule has 1 aromatic heterocycles. The number of piperidine rings is 1. The molecule has 2 aliphatic heterocycles. The van der Waals surface area contributed by atoms with E-state index < -0.39 is 11.6 Å². The van der Waals surface area contributed by atoms with Crippen LogP contribution in [-0.4, -0.2) is 57.5 Å². The van der Waals surface area contributed by atoms with Crippen LogP contribution in [0.1, 0.15) is 81.7 Å². The van der Waals surface area contributed by atoms with Crippen LogP contribution in [0.25, 0.3) is 22.0 Å². The number of likely N-dealkylation sites (tertiary alicyclic amines) is 1. The SMILES string of the molecule is CCOc1cc(C(=O)N2CCC3(CC2)CC(=O)c2cc(-c4cccc(C(=O)O)c4)ccc2O3)cc2c1c(C)cn2C1CC1. The highest BCUT2D eigenvalue weighted by Gasteiger charge is 2.44. The number of Topliss-reactive ketones (excluding diaryl/α,β-unsaturated/α-hetero) is 1. The number of ether oxygens (including phenoxy) is 2. The van der Waals surface area contributed by atoms with Crippen LogP contribution in [0.2, 0.25) is 0 Å². The van der Waals surface area contributed by atoms with E-state index in [9.17, 15) is 19.5 Å². The maximum absolute atomic E-state index is 13.8. The van der Waals surface area contributed by atoms with Gasteiger partial charge in [-0.1, -0.05) is 18.2 Å². The zero-order chi connectivity index (χ0) is 29.9. The monoisotopic (exact) mass is 578 g/mol. The van der Waals surface area contributed by atoms with E-state index in [1.165, 1.54) is 0 Å². The maximum atomic E-state index is 13.8. The van der Waals surface area contributed by atoms with E-state index in [1.54, 1.807) is 30.3 Å². The number of carboxylic acid groups (broad SMARTS) is 1. The van der Waals surface area contributed by atoms with Gasteiger partial charge < -0.3 is 24.0 Å². The quantitative estimate of drug-likeness (QED) is 0.274. The molecule has 3 heterocycles. The molecule has 1 spiro atoms. The van der Waals surface area contributed by atoms with Crippen molar-refractivity contribution >= 4 is 28.6 Å². The number of carboxylic acids is 1. The lowest BCUT2D eigenvalue weighted by molar-refractivity contribution is -0.00572. The van der Waals surface area contributed by atoms with Gasteiger partial charge in [-0.3, -0.25) is 9.59 Å². The number of aromatic carboxylic acids is 1. The normalized spacial score (nSPS) is 17.5. The van der Waals surface area contributed by atoms with Gasteiger partial charge in [-0.2, -0.15) is 0 Å². The van der Waals surface area contributed by atoms with Crippen molar-refractivity contribution in [3.63, 3.8) is 0 Å². The van der Waals surface area contributed by atoms with E-state index >= 15 is 0 Å². The second-order valence-corrected chi connectivity index (χ2v) is 12.0. The van der Waals surface area contributed by atoms with Crippen molar-refractivity contribution in [1.82, 2.24) is 9.47 Å². The highest BCUT2D eigenvalue weighted by atomic mass is 16.5. The van der Waals surface area contributed by atoms with E-state index in [4.69, 9.17) is 9.47 Å². The van der Waals surface area contributed by atoms with Crippen molar-refractivity contribution in [3.8, 4) is 22.6 Å². The number of rotatable bonds is 6. The molecule has 0 unspecified atom stereocenters. The average molecular weight is 579 g/mol. The Balaban J connectivity index is 1.10. The van der Waals surface area contributed by atoms with Gasteiger partial charge in [-0.05, 0) is 79.8 Å². The van der Waals surface area contributed by atoms with Gasteiger partial charge in [0.15, 0.2) is 5.78 Å². The molecule has 1 aliphatic carbocycles. The summed E-state index contributed by atoms with van der Waals surface area (Å²) in [5.74, 6) is 0.261. The number of hydrogen-bond acceptors (Lipinski definition) is 5. The summed E-state index contributed by atoms with van der Waals surface area (Å²) in [5.41, 5.74) is 4.38. The van der Waals surface area contributed by atoms with Gasteiger partial charge in [0, 0.05) is 49.1 Å². The number of carbonyl (C=O) groups is 3. The molecule has 8 heteroatoms. The predicted molar refractivity (Wildman–Crippen MR) is 162 cm³/mol. The zero-order valence-corrected chi connectivity index (χ0v) is 24.4. The van der Waals surface area contributed by atoms with Crippen molar-refractivity contribution in [1.29, 1.82) is 0 Å². The number of aromatic nitrogens is 1. The molecule has 1 saturated carbocycles. The molecular formula is C35H34N2O6. The zero-order valence-electron chi connectivity index (χ0n) is 24.4. The van der Waals surface area contributed by atoms with E-state index in [0.717, 1.165) is 46.2 Å². The molecule has 2 fully saturated rings. The van der Waals surface area contributed by atoms with Crippen molar-refractivity contribution in [3.05, 3.63) is 83.0 Å². The first-order valence-electron chi connectivity index (χ1n) is 15.0. The number of aryl methyl sites for hydroxylation is 1. The molecule has 8 nitrogen and oxygen atoms in total. The van der Waals surface area contributed by atoms with Crippen molar-refractivity contribution in [2.24, 2.45) is 0 Å². The maximum Gasteiger partial charge on any atom is 0.335 e. The van der Waals surface area contributed by atoms with Crippen LogP contribution in [0, 0.1) is 6.92 Å². The Hall–Kier alpha value is -4.59. The van der Waals surface area contributed by atoms with Gasteiger partial charge >= 0.3 is 5.97 Å². The molecule has 0 radical (unpaired) electrons. The lowest BCUT2D eigenvalue weighted by Gasteiger charge is -2.44. The number of nitrogens with zero attached hydrogens (tertiary/aromatic N) is 2. The molecule has 4 aromatic rings. The Bertz CT molecular complexity index is 1790. The van der Waals surface area contributed by atoms with Gasteiger partial charge in [0.2, 0.25) is 0 Å². The lowest BCUT2D eigenvalue weighted by atomic mass is 9.82. The van der Waals surface area contributed by atoms with Crippen molar-refractivity contribution in [2.45, 2.75) is 57.6 Å². The lowest BCUT2D eigenvalue weighted by Crippen LogP contribution is -2.52. The van der Waals surface area contributed by atoms with E-state index in [0.29, 0.717) is 55.5 Å². The topological polar surface area (TPSA) is 98.1 Å². The molecule has 3 aromatic carbocycles. The minimum Gasteiger partial charge on any atom is -0.493 e. The summed E-state index contributed by atoms with van der Waals surface area (Å²) in [4.78, 5) is 40.5. The molecule has 1 N–H and O–H groups in total. The number of amides is 1. The van der Waals surface area contributed by atoms with Crippen LogP contribution in [0.5, 0.6) is 11.5 Å². The van der Waals surface area contributed by atoms with Crippen molar-refractivity contribution in [2.75, 3.05) is 19.7 Å². The molecule has 7 rings (SSSR count). The Kier molecular flexibility index (Phi) is 6.52. The Morgan fingerprint density at radius 2 is 1.79 bits per heavy atom. The summed E-state index contributed by atoms with van der Waals surface area (Å²) in [6.45, 7) is 5.56. The highest BCUT2D eigenvalue weighted by Crippen LogP contribution is 2.43. The molecule has 3 aliphatic rings. The van der Waals surface area contributed by atoms with Gasteiger partial charge in [0.1, 0.15) is 17.1 Å². The number of hydrogen-bond donors (Lipinski definition) is 1. The minimum absolute atomic E-state index is 0.000260. The smallest absolute Gasteiger partial charge is 0.335 e. The van der Waals surface area contributed by atoms with Crippen LogP contribution in [-0.2, 0) is 0 Å². The highest BCUT2D eigenvalue weighted by molar-refractivity contribution is 6.03. The van der Waals surface area contributed by atoms with E-state index in [1.807, 2.05) is 36.1 Å². The summed E-state index contributed by atoms with van der Waals surface area (Å²) in [6, 6.07) is 16.5. The molecule has 220 valence electrons. The molecule has 43 heavy (non-hydrogen) atoms. The fourth-order valence-corrected chi connectivity index (χ4v) is 6.68. The molecule has 0 bridgehead atoms. The van der Waals surface area contributed by atoms with Crippen molar-refractivity contribution < 1.29 is 29.0 Å². The minimum atomic E-state index is -0.996. The first-order chi connectivity index (χ1) is 20.7. The number of fused-ring (bicyclic) bond motifs is 2. The third-order valence-electron chi connectivity index (χ3n) is 9.07. The third-order valence-corrected chi connectivity index (χ3v) is 9.07.